The SMILES string of the molecule is C/C(O)=C(\C(=O)NCC(C)C)N1CC2(CCCN2)C1=O. The Balaban J connectivity index is 2.07. The Kier molecular flexibility index (Phi) is 4.04. The van der Waals surface area contributed by atoms with Crippen molar-refractivity contribution in [3.8, 4) is 0 Å². The number of allylic oxidation sites excluding steroid dienone is 1. The first kappa shape index (κ1) is 14.8. The molecule has 0 aromatic rings. The number of β-lactam (4-membered cyclic amide) rings is 1. The van der Waals surface area contributed by atoms with Crippen molar-refractivity contribution in [2.45, 2.75) is 39.2 Å². The zero-order valence-corrected chi connectivity index (χ0v) is 12.3. The summed E-state index contributed by atoms with van der Waals surface area (Å²) in [5.74, 6) is -0.306. The second-order valence-corrected chi connectivity index (χ2v) is 6.04. The van der Waals surface area contributed by atoms with E-state index in [4.69, 9.17) is 0 Å². The fourth-order valence-electron chi connectivity index (χ4n) is 2.74. The van der Waals surface area contributed by atoms with Crippen molar-refractivity contribution >= 4 is 11.8 Å². The molecule has 6 heteroatoms. The molecule has 0 saturated carbocycles. The molecule has 2 aliphatic heterocycles. The van der Waals surface area contributed by atoms with Gasteiger partial charge in [0.15, 0.2) is 0 Å². The molecule has 2 saturated heterocycles. The molecule has 0 radical (unpaired) electrons. The summed E-state index contributed by atoms with van der Waals surface area (Å²) in [6, 6.07) is 0. The van der Waals surface area contributed by atoms with Crippen LogP contribution >= 0.6 is 0 Å². The van der Waals surface area contributed by atoms with Crippen LogP contribution in [-0.2, 0) is 9.59 Å². The van der Waals surface area contributed by atoms with E-state index in [9.17, 15) is 14.7 Å². The van der Waals surface area contributed by atoms with Crippen LogP contribution in [-0.4, -0.2) is 47.0 Å². The van der Waals surface area contributed by atoms with Gasteiger partial charge in [-0.15, -0.1) is 0 Å². The summed E-state index contributed by atoms with van der Waals surface area (Å²) in [6.07, 6.45) is 1.77. The van der Waals surface area contributed by atoms with Gasteiger partial charge in [-0.25, -0.2) is 0 Å². The van der Waals surface area contributed by atoms with Crippen molar-refractivity contribution in [2.24, 2.45) is 5.92 Å². The van der Waals surface area contributed by atoms with Crippen molar-refractivity contribution in [1.82, 2.24) is 15.5 Å². The van der Waals surface area contributed by atoms with Gasteiger partial charge in [-0.3, -0.25) is 9.59 Å². The summed E-state index contributed by atoms with van der Waals surface area (Å²) in [5, 5.41) is 15.7. The molecule has 1 unspecified atom stereocenters. The van der Waals surface area contributed by atoms with Gasteiger partial charge in [0, 0.05) is 6.54 Å². The highest BCUT2D eigenvalue weighted by Crippen LogP contribution is 2.34. The zero-order valence-electron chi connectivity index (χ0n) is 12.3. The minimum Gasteiger partial charge on any atom is -0.510 e. The Morgan fingerprint density at radius 2 is 2.25 bits per heavy atom. The highest BCUT2D eigenvalue weighted by atomic mass is 16.3. The second kappa shape index (κ2) is 5.44. The molecule has 0 aromatic carbocycles. The summed E-state index contributed by atoms with van der Waals surface area (Å²) in [7, 11) is 0. The number of aliphatic hydroxyl groups is 1. The van der Waals surface area contributed by atoms with Gasteiger partial charge in [0.1, 0.15) is 17.0 Å². The van der Waals surface area contributed by atoms with Gasteiger partial charge in [0.05, 0.1) is 6.54 Å². The van der Waals surface area contributed by atoms with Crippen LogP contribution in [0.25, 0.3) is 0 Å². The zero-order chi connectivity index (χ0) is 14.9. The Labute approximate surface area is 119 Å². The topological polar surface area (TPSA) is 81.7 Å². The van der Waals surface area contributed by atoms with E-state index in [1.54, 1.807) is 0 Å². The van der Waals surface area contributed by atoms with E-state index < -0.39 is 5.54 Å². The summed E-state index contributed by atoms with van der Waals surface area (Å²) in [4.78, 5) is 25.8. The summed E-state index contributed by atoms with van der Waals surface area (Å²) in [6.45, 7) is 7.21. The van der Waals surface area contributed by atoms with Gasteiger partial charge >= 0.3 is 0 Å². The number of amides is 2. The van der Waals surface area contributed by atoms with Crippen LogP contribution in [0.1, 0.15) is 33.6 Å². The molecule has 6 nitrogen and oxygen atoms in total. The predicted octanol–water partition coefficient (Wildman–Crippen LogP) is 0.512. The first-order chi connectivity index (χ1) is 9.37. The third kappa shape index (κ3) is 2.52. The van der Waals surface area contributed by atoms with Crippen molar-refractivity contribution in [3.05, 3.63) is 11.5 Å². The minimum absolute atomic E-state index is 0.0787. The summed E-state index contributed by atoms with van der Waals surface area (Å²) in [5.41, 5.74) is -0.422. The molecule has 2 heterocycles. The van der Waals surface area contributed by atoms with Crippen LogP contribution in [0.4, 0.5) is 0 Å². The maximum Gasteiger partial charge on any atom is 0.271 e. The maximum atomic E-state index is 12.3. The number of nitrogens with zero attached hydrogens (tertiary/aromatic N) is 1. The average molecular weight is 281 g/mol. The second-order valence-electron chi connectivity index (χ2n) is 6.04. The number of likely N-dealkylation sites (tertiary alicyclic amines) is 1. The largest absolute Gasteiger partial charge is 0.510 e. The lowest BCUT2D eigenvalue weighted by atomic mass is 9.86. The van der Waals surface area contributed by atoms with Gasteiger partial charge in [-0.2, -0.15) is 0 Å². The van der Waals surface area contributed by atoms with Gasteiger partial charge in [0.2, 0.25) is 5.91 Å². The lowest BCUT2D eigenvalue weighted by Crippen LogP contribution is -2.71. The molecule has 0 aromatic heterocycles. The molecular formula is C14H23N3O3. The van der Waals surface area contributed by atoms with Crippen molar-refractivity contribution < 1.29 is 14.7 Å². The molecule has 20 heavy (non-hydrogen) atoms. The molecule has 2 aliphatic rings. The molecule has 1 atom stereocenters. The first-order valence-electron chi connectivity index (χ1n) is 7.12. The normalized spacial score (nSPS) is 26.8. The number of hydrogen-bond acceptors (Lipinski definition) is 4. The van der Waals surface area contributed by atoms with Gasteiger partial charge < -0.3 is 20.6 Å². The predicted molar refractivity (Wildman–Crippen MR) is 74.9 cm³/mol. The van der Waals surface area contributed by atoms with Gasteiger partial charge in [-0.05, 0) is 32.2 Å². The van der Waals surface area contributed by atoms with Crippen LogP contribution < -0.4 is 10.6 Å². The standard InChI is InChI=1S/C14H23N3O3/c1-9(2)7-15-12(19)11(10(3)18)17-8-14(13(17)20)5-4-6-16-14/h9,16,18H,4-8H2,1-3H3,(H,15,19)/b11-10-. The molecule has 1 spiro atoms. The van der Waals surface area contributed by atoms with Crippen molar-refractivity contribution in [1.29, 1.82) is 0 Å². The van der Waals surface area contributed by atoms with E-state index in [0.717, 1.165) is 19.4 Å². The van der Waals surface area contributed by atoms with E-state index in [2.05, 4.69) is 10.6 Å². The molecule has 112 valence electrons. The van der Waals surface area contributed by atoms with Crippen molar-refractivity contribution in [2.75, 3.05) is 19.6 Å². The number of nitrogens with one attached hydrogen (secondary N) is 2. The van der Waals surface area contributed by atoms with Gasteiger partial charge in [-0.1, -0.05) is 13.8 Å². The Hall–Kier alpha value is -1.56. The number of aliphatic hydroxyl groups excluding tert-OH is 1. The maximum absolute atomic E-state index is 12.3. The smallest absolute Gasteiger partial charge is 0.271 e. The molecule has 2 amide bonds. The summed E-state index contributed by atoms with van der Waals surface area (Å²) < 4.78 is 0. The molecular weight excluding hydrogens is 258 g/mol. The number of rotatable bonds is 4. The van der Waals surface area contributed by atoms with E-state index in [-0.39, 0.29) is 23.3 Å². The monoisotopic (exact) mass is 281 g/mol. The number of carbonyl (C=O) groups excluding carboxylic acids is 2. The molecule has 2 rings (SSSR count). The van der Waals surface area contributed by atoms with Gasteiger partial charge in [0.25, 0.3) is 5.91 Å². The number of hydrogen-bond donors (Lipinski definition) is 3. The molecule has 0 bridgehead atoms. The van der Waals surface area contributed by atoms with Crippen LogP contribution in [0.15, 0.2) is 11.5 Å². The fourth-order valence-corrected chi connectivity index (χ4v) is 2.74. The van der Waals surface area contributed by atoms with Crippen LogP contribution in [0.2, 0.25) is 0 Å². The van der Waals surface area contributed by atoms with Crippen LogP contribution in [0.3, 0.4) is 0 Å². The third-order valence-corrected chi connectivity index (χ3v) is 3.82. The Bertz CT molecular complexity index is 447. The first-order valence-corrected chi connectivity index (χ1v) is 7.12. The fraction of sp³-hybridized carbons (Fsp3) is 0.714. The molecule has 3 N–H and O–H groups in total. The molecule has 2 fully saturated rings. The van der Waals surface area contributed by atoms with E-state index in [1.165, 1.54) is 11.8 Å². The lowest BCUT2D eigenvalue weighted by Gasteiger charge is -2.47. The third-order valence-electron chi connectivity index (χ3n) is 3.82. The van der Waals surface area contributed by atoms with Crippen LogP contribution in [0.5, 0.6) is 0 Å². The quantitative estimate of drug-likeness (QED) is 0.398. The highest BCUT2D eigenvalue weighted by Gasteiger charge is 2.55. The Morgan fingerprint density at radius 3 is 2.70 bits per heavy atom. The lowest BCUT2D eigenvalue weighted by molar-refractivity contribution is -0.151. The average Bonchev–Trinajstić information content (AvgIpc) is 2.86. The minimum atomic E-state index is -0.501. The van der Waals surface area contributed by atoms with E-state index in [1.807, 2.05) is 13.8 Å². The van der Waals surface area contributed by atoms with Crippen LogP contribution in [0, 0.1) is 5.92 Å². The highest BCUT2D eigenvalue weighted by molar-refractivity contribution is 6.03. The molecule has 0 aliphatic carbocycles. The number of carbonyl (C=O) groups is 2. The summed E-state index contributed by atoms with van der Waals surface area (Å²) >= 11 is 0. The van der Waals surface area contributed by atoms with Crippen molar-refractivity contribution in [3.63, 3.8) is 0 Å². The Morgan fingerprint density at radius 1 is 1.55 bits per heavy atom. The van der Waals surface area contributed by atoms with E-state index >= 15 is 0 Å². The van der Waals surface area contributed by atoms with E-state index in [0.29, 0.717) is 19.0 Å².